The molecule has 5 nitrogen and oxygen atoms in total. The minimum atomic E-state index is -0.217. The van der Waals surface area contributed by atoms with Crippen LogP contribution in [0.3, 0.4) is 0 Å². The number of phenolic OH excluding ortho intramolecular Hbond substituents is 1. The van der Waals surface area contributed by atoms with Crippen LogP contribution in [0.25, 0.3) is 6.08 Å². The van der Waals surface area contributed by atoms with Crippen molar-refractivity contribution in [3.8, 4) is 11.5 Å². The molecule has 6 heteroatoms. The number of aromatic hydroxyl groups is 1. The molecule has 0 aromatic heterocycles. The fraction of sp³-hybridized carbons (Fsp3) is 0.158. The zero-order valence-corrected chi connectivity index (χ0v) is 14.8. The number of para-hydroxylation sites is 1. The molecule has 0 radical (unpaired) electrons. The molecule has 2 N–H and O–H groups in total. The predicted octanol–water partition coefficient (Wildman–Crippen LogP) is 3.36. The molecule has 1 aliphatic rings. The normalized spacial score (nSPS) is 15.6. The van der Waals surface area contributed by atoms with E-state index in [0.717, 1.165) is 16.8 Å². The summed E-state index contributed by atoms with van der Waals surface area (Å²) in [5.41, 5.74) is 2.83. The van der Waals surface area contributed by atoms with E-state index < -0.39 is 0 Å². The molecule has 0 bridgehead atoms. The number of hydrogen-bond donors (Lipinski definition) is 2. The maximum Gasteiger partial charge on any atom is 0.281 e. The second-order valence-corrected chi connectivity index (χ2v) is 5.96. The number of nitrogens with zero attached hydrogens (tertiary/aromatic N) is 1. The number of anilines is 1. The number of benzene rings is 2. The van der Waals surface area contributed by atoms with Gasteiger partial charge in [-0.15, -0.1) is 0 Å². The van der Waals surface area contributed by atoms with Gasteiger partial charge >= 0.3 is 0 Å². The Balaban J connectivity index is 1.93. The Kier molecular flexibility index (Phi) is 4.72. The first-order chi connectivity index (χ1) is 12.0. The Morgan fingerprint density at radius 2 is 2.04 bits per heavy atom. The molecule has 1 amide bonds. The monoisotopic (exact) mass is 354 g/mol. The van der Waals surface area contributed by atoms with Gasteiger partial charge in [0.1, 0.15) is 5.70 Å². The van der Waals surface area contributed by atoms with Gasteiger partial charge in [-0.25, -0.2) is 0 Å². The number of nitrogens with one attached hydrogen (secondary N) is 1. The Morgan fingerprint density at radius 1 is 1.28 bits per heavy atom. The maximum atomic E-state index is 12.8. The van der Waals surface area contributed by atoms with Crippen LogP contribution in [0.5, 0.6) is 11.5 Å². The fourth-order valence-corrected chi connectivity index (χ4v) is 2.92. The Bertz CT molecular complexity index is 877. The molecule has 2 aromatic rings. The lowest BCUT2D eigenvalue weighted by molar-refractivity contribution is -0.113. The van der Waals surface area contributed by atoms with Crippen molar-refractivity contribution < 1.29 is 14.6 Å². The highest BCUT2D eigenvalue weighted by Crippen LogP contribution is 2.29. The van der Waals surface area contributed by atoms with Crippen molar-refractivity contribution in [2.45, 2.75) is 13.8 Å². The molecule has 1 saturated heterocycles. The number of phenols is 1. The third-order valence-corrected chi connectivity index (χ3v) is 4.11. The van der Waals surface area contributed by atoms with Crippen LogP contribution in [0.4, 0.5) is 5.69 Å². The van der Waals surface area contributed by atoms with Crippen molar-refractivity contribution in [3.05, 3.63) is 59.3 Å². The van der Waals surface area contributed by atoms with Gasteiger partial charge < -0.3 is 15.2 Å². The number of carbonyl (C=O) groups is 1. The molecule has 1 aliphatic heterocycles. The summed E-state index contributed by atoms with van der Waals surface area (Å²) in [4.78, 5) is 14.3. The van der Waals surface area contributed by atoms with E-state index in [0.29, 0.717) is 23.2 Å². The molecule has 0 unspecified atom stereocenters. The second-order valence-electron chi connectivity index (χ2n) is 5.58. The van der Waals surface area contributed by atoms with Crippen LogP contribution in [-0.2, 0) is 4.79 Å². The zero-order chi connectivity index (χ0) is 18.0. The number of amides is 1. The summed E-state index contributed by atoms with van der Waals surface area (Å²) in [7, 11) is 0. The van der Waals surface area contributed by atoms with Crippen LogP contribution in [0, 0.1) is 6.92 Å². The van der Waals surface area contributed by atoms with Gasteiger partial charge in [0.2, 0.25) is 0 Å². The number of carbonyl (C=O) groups excluding carboxylic acids is 1. The fourth-order valence-electron chi connectivity index (χ4n) is 2.63. The van der Waals surface area contributed by atoms with Crippen molar-refractivity contribution in [2.24, 2.45) is 0 Å². The summed E-state index contributed by atoms with van der Waals surface area (Å²) < 4.78 is 5.38. The SMILES string of the molecule is CCOc1cc(/C=C2\NC(=S)N(c3ccccc3C)C2=O)ccc1O. The molecule has 3 rings (SSSR count). The standard InChI is InChI=1S/C19H18N2O3S/c1-3-24-17-11-13(8-9-16(17)22)10-14-18(23)21(19(25)20-14)15-7-5-4-6-12(15)2/h4-11,22H,3H2,1-2H3,(H,20,25)/b14-10-. The van der Waals surface area contributed by atoms with Crippen molar-refractivity contribution in [1.82, 2.24) is 5.32 Å². The molecule has 1 fully saturated rings. The van der Waals surface area contributed by atoms with E-state index in [4.69, 9.17) is 17.0 Å². The van der Waals surface area contributed by atoms with Gasteiger partial charge in [-0.1, -0.05) is 24.3 Å². The van der Waals surface area contributed by atoms with Gasteiger partial charge in [0.05, 0.1) is 12.3 Å². The van der Waals surface area contributed by atoms with Crippen LogP contribution >= 0.6 is 12.2 Å². The van der Waals surface area contributed by atoms with Gasteiger partial charge in [0.25, 0.3) is 5.91 Å². The van der Waals surface area contributed by atoms with Crippen LogP contribution in [0.15, 0.2) is 48.2 Å². The molecular formula is C19H18N2O3S. The summed E-state index contributed by atoms with van der Waals surface area (Å²) in [5, 5.41) is 13.1. The summed E-state index contributed by atoms with van der Waals surface area (Å²) >= 11 is 5.33. The largest absolute Gasteiger partial charge is 0.504 e. The van der Waals surface area contributed by atoms with Gasteiger partial charge in [-0.3, -0.25) is 9.69 Å². The summed E-state index contributed by atoms with van der Waals surface area (Å²) in [6, 6.07) is 12.5. The molecule has 0 spiro atoms. The smallest absolute Gasteiger partial charge is 0.281 e. The van der Waals surface area contributed by atoms with E-state index in [1.54, 1.807) is 18.2 Å². The molecule has 0 aliphatic carbocycles. The minimum Gasteiger partial charge on any atom is -0.504 e. The first kappa shape index (κ1) is 17.0. The van der Waals surface area contributed by atoms with E-state index in [2.05, 4.69) is 5.32 Å². The van der Waals surface area contributed by atoms with Crippen LogP contribution in [-0.4, -0.2) is 22.7 Å². The Hall–Kier alpha value is -2.86. The van der Waals surface area contributed by atoms with E-state index in [1.807, 2.05) is 38.1 Å². The van der Waals surface area contributed by atoms with E-state index in [-0.39, 0.29) is 11.7 Å². The topological polar surface area (TPSA) is 61.8 Å². The number of thiocarbonyl (C=S) groups is 1. The van der Waals surface area contributed by atoms with Crippen LogP contribution < -0.4 is 15.0 Å². The van der Waals surface area contributed by atoms with E-state index in [9.17, 15) is 9.90 Å². The van der Waals surface area contributed by atoms with Crippen LogP contribution in [0.1, 0.15) is 18.1 Å². The van der Waals surface area contributed by atoms with E-state index in [1.165, 1.54) is 11.0 Å². The van der Waals surface area contributed by atoms with Gasteiger partial charge in [0.15, 0.2) is 16.6 Å². The van der Waals surface area contributed by atoms with Gasteiger partial charge in [-0.05, 0) is 61.5 Å². The van der Waals surface area contributed by atoms with Gasteiger partial charge in [-0.2, -0.15) is 0 Å². The lowest BCUT2D eigenvalue weighted by atomic mass is 10.1. The summed E-state index contributed by atoms with van der Waals surface area (Å²) in [6.45, 7) is 4.21. The first-order valence-electron chi connectivity index (χ1n) is 7.90. The Labute approximate surface area is 151 Å². The van der Waals surface area contributed by atoms with E-state index >= 15 is 0 Å². The second kappa shape index (κ2) is 6.94. The lowest BCUT2D eigenvalue weighted by Gasteiger charge is -2.16. The molecule has 0 saturated carbocycles. The highest BCUT2D eigenvalue weighted by molar-refractivity contribution is 7.80. The molecule has 1 heterocycles. The average Bonchev–Trinajstić information content (AvgIpc) is 2.85. The lowest BCUT2D eigenvalue weighted by Crippen LogP contribution is -2.30. The number of aryl methyl sites for hydroxylation is 1. The number of rotatable bonds is 4. The van der Waals surface area contributed by atoms with Crippen molar-refractivity contribution in [2.75, 3.05) is 11.5 Å². The zero-order valence-electron chi connectivity index (χ0n) is 13.9. The quantitative estimate of drug-likeness (QED) is 0.651. The van der Waals surface area contributed by atoms with Crippen molar-refractivity contribution in [1.29, 1.82) is 0 Å². The first-order valence-corrected chi connectivity index (χ1v) is 8.30. The molecule has 128 valence electrons. The number of hydrogen-bond acceptors (Lipinski definition) is 4. The third kappa shape index (κ3) is 3.34. The highest BCUT2D eigenvalue weighted by atomic mass is 32.1. The Morgan fingerprint density at radius 3 is 2.76 bits per heavy atom. The van der Waals surface area contributed by atoms with Gasteiger partial charge in [0, 0.05) is 0 Å². The maximum absolute atomic E-state index is 12.8. The molecular weight excluding hydrogens is 336 g/mol. The molecule has 25 heavy (non-hydrogen) atoms. The molecule has 2 aromatic carbocycles. The third-order valence-electron chi connectivity index (χ3n) is 3.83. The predicted molar refractivity (Wildman–Crippen MR) is 102 cm³/mol. The summed E-state index contributed by atoms with van der Waals surface area (Å²) in [6.07, 6.45) is 1.69. The number of ether oxygens (including phenoxy) is 1. The van der Waals surface area contributed by atoms with Crippen LogP contribution in [0.2, 0.25) is 0 Å². The van der Waals surface area contributed by atoms with Crippen molar-refractivity contribution >= 4 is 35.0 Å². The molecule has 0 atom stereocenters. The highest BCUT2D eigenvalue weighted by Gasteiger charge is 2.32. The average molecular weight is 354 g/mol. The van der Waals surface area contributed by atoms with Crippen molar-refractivity contribution in [3.63, 3.8) is 0 Å². The minimum absolute atomic E-state index is 0.0618. The summed E-state index contributed by atoms with van der Waals surface area (Å²) in [5.74, 6) is 0.220.